The van der Waals surface area contributed by atoms with Crippen LogP contribution >= 0.6 is 22.9 Å². The number of fused-ring (bicyclic) bond motifs is 1. The molecule has 6 nitrogen and oxygen atoms in total. The second kappa shape index (κ2) is 9.59. The molecule has 0 fully saturated rings. The Hall–Kier alpha value is -2.37. The number of nitrogens with zero attached hydrogens (tertiary/aromatic N) is 3. The maximum absolute atomic E-state index is 15.4. The number of likely N-dealkylation sites (N-methyl/N-ethyl adjacent to an activating group) is 1. The van der Waals surface area contributed by atoms with Gasteiger partial charge in [0.25, 0.3) is 0 Å². The van der Waals surface area contributed by atoms with Crippen molar-refractivity contribution in [3.8, 4) is 11.1 Å². The van der Waals surface area contributed by atoms with Crippen molar-refractivity contribution in [2.45, 2.75) is 19.4 Å². The molecule has 3 heterocycles. The van der Waals surface area contributed by atoms with Crippen molar-refractivity contribution in [3.63, 3.8) is 0 Å². The van der Waals surface area contributed by atoms with E-state index in [1.165, 1.54) is 10.4 Å². The lowest BCUT2D eigenvalue weighted by atomic mass is 9.86. The Balaban J connectivity index is 1.51. The molecule has 184 valence electrons. The highest BCUT2D eigenvalue weighted by molar-refractivity contribution is 7.90. The molecule has 3 aromatic rings. The summed E-state index contributed by atoms with van der Waals surface area (Å²) in [4.78, 5) is 5.93. The van der Waals surface area contributed by atoms with E-state index in [1.807, 2.05) is 31.3 Å². The van der Waals surface area contributed by atoms with Crippen molar-refractivity contribution >= 4 is 43.9 Å². The molecule has 11 heteroatoms. The third-order valence-electron chi connectivity index (χ3n) is 6.35. The van der Waals surface area contributed by atoms with Crippen molar-refractivity contribution in [1.29, 1.82) is 0 Å². The molecule has 2 aliphatic rings. The van der Waals surface area contributed by atoms with Gasteiger partial charge in [-0.25, -0.2) is 14.1 Å². The summed E-state index contributed by atoms with van der Waals surface area (Å²) in [6.45, 7) is 1.96. The summed E-state index contributed by atoms with van der Waals surface area (Å²) in [7, 11) is -1.89. The van der Waals surface area contributed by atoms with Crippen molar-refractivity contribution in [2.75, 3.05) is 31.4 Å². The topological polar surface area (TPSA) is 65.5 Å². The molecule has 0 spiro atoms. The molecule has 1 N–H and O–H groups in total. The Morgan fingerprint density at radius 2 is 1.97 bits per heavy atom. The average molecular weight is 537 g/mol. The summed E-state index contributed by atoms with van der Waals surface area (Å²) in [5.74, 6) is -0.400. The number of thiazole rings is 1. The Kier molecular flexibility index (Phi) is 6.67. The molecule has 5 rings (SSSR count). The van der Waals surface area contributed by atoms with E-state index in [0.29, 0.717) is 28.3 Å². The van der Waals surface area contributed by atoms with E-state index < -0.39 is 21.2 Å². The highest BCUT2D eigenvalue weighted by Crippen LogP contribution is 2.40. The lowest BCUT2D eigenvalue weighted by Gasteiger charge is -2.30. The first kappa shape index (κ1) is 24.3. The summed E-state index contributed by atoms with van der Waals surface area (Å²) in [6, 6.07) is 8.69. The second-order valence-electron chi connectivity index (χ2n) is 8.66. The summed E-state index contributed by atoms with van der Waals surface area (Å²) in [6.07, 6.45) is 4.27. The predicted octanol–water partition coefficient (Wildman–Crippen LogP) is 5.18. The fraction of sp³-hybridized carbons (Fsp3) is 0.292. The zero-order chi connectivity index (χ0) is 24.7. The van der Waals surface area contributed by atoms with Crippen molar-refractivity contribution in [2.24, 2.45) is 0 Å². The molecule has 0 amide bonds. The summed E-state index contributed by atoms with van der Waals surface area (Å²) in [5.41, 5.74) is 4.78. The van der Waals surface area contributed by atoms with Gasteiger partial charge in [0.1, 0.15) is 5.82 Å². The van der Waals surface area contributed by atoms with Crippen molar-refractivity contribution < 1.29 is 17.2 Å². The number of hydrogen-bond donors (Lipinski definition) is 1. The molecule has 0 unspecified atom stereocenters. The van der Waals surface area contributed by atoms with Gasteiger partial charge >= 0.3 is 10.2 Å². The zero-order valence-electron chi connectivity index (χ0n) is 18.9. The van der Waals surface area contributed by atoms with Gasteiger partial charge in [-0.2, -0.15) is 17.1 Å². The van der Waals surface area contributed by atoms with Gasteiger partial charge in [-0.1, -0.05) is 47.2 Å². The fourth-order valence-electron chi connectivity index (χ4n) is 4.62. The maximum Gasteiger partial charge on any atom is 0.303 e. The van der Waals surface area contributed by atoms with Gasteiger partial charge in [0.05, 0.1) is 6.20 Å². The number of benzene rings is 2. The Morgan fingerprint density at radius 1 is 1.14 bits per heavy atom. The second-order valence-corrected chi connectivity index (χ2v) is 11.7. The molecule has 0 atom stereocenters. The number of aromatic nitrogens is 1. The number of anilines is 1. The van der Waals surface area contributed by atoms with E-state index in [0.717, 1.165) is 53.5 Å². The maximum atomic E-state index is 15.4. The zero-order valence-corrected chi connectivity index (χ0v) is 21.3. The van der Waals surface area contributed by atoms with Crippen LogP contribution in [0.3, 0.4) is 0 Å². The normalized spacial score (nSPS) is 17.2. The first-order valence-corrected chi connectivity index (χ1v) is 13.7. The van der Waals surface area contributed by atoms with Crippen molar-refractivity contribution in [1.82, 2.24) is 14.2 Å². The van der Waals surface area contributed by atoms with Crippen LogP contribution in [0.1, 0.15) is 23.1 Å². The number of hydrogen-bond acceptors (Lipinski definition) is 5. The van der Waals surface area contributed by atoms with Crippen LogP contribution in [0.4, 0.5) is 13.9 Å². The van der Waals surface area contributed by atoms with Crippen LogP contribution in [-0.2, 0) is 23.2 Å². The van der Waals surface area contributed by atoms with Gasteiger partial charge in [-0.15, -0.1) is 0 Å². The van der Waals surface area contributed by atoms with Crippen LogP contribution in [0.2, 0.25) is 5.02 Å². The van der Waals surface area contributed by atoms with Crippen molar-refractivity contribution in [3.05, 3.63) is 75.3 Å². The van der Waals surface area contributed by atoms with Crippen LogP contribution in [0.25, 0.3) is 16.7 Å². The van der Waals surface area contributed by atoms with Crippen LogP contribution in [0.5, 0.6) is 0 Å². The van der Waals surface area contributed by atoms with Crippen LogP contribution < -0.4 is 4.72 Å². The molecule has 35 heavy (non-hydrogen) atoms. The molecule has 2 aliphatic heterocycles. The van der Waals surface area contributed by atoms with Crippen LogP contribution in [-0.4, -0.2) is 49.3 Å². The van der Waals surface area contributed by atoms with Gasteiger partial charge in [-0.05, 0) is 59.8 Å². The molecule has 1 aromatic heterocycles. The van der Waals surface area contributed by atoms with Gasteiger partial charge in [0, 0.05) is 36.8 Å². The lowest BCUT2D eigenvalue weighted by Crippen LogP contribution is -2.39. The predicted molar refractivity (Wildman–Crippen MR) is 136 cm³/mol. The minimum absolute atomic E-state index is 0.0265. The van der Waals surface area contributed by atoms with Gasteiger partial charge < -0.3 is 4.90 Å². The third kappa shape index (κ3) is 4.99. The largest absolute Gasteiger partial charge is 0.303 e. The molecule has 0 bridgehead atoms. The van der Waals surface area contributed by atoms with E-state index in [1.54, 1.807) is 0 Å². The molecule has 0 aliphatic carbocycles. The van der Waals surface area contributed by atoms with E-state index in [-0.39, 0.29) is 18.2 Å². The molecular weight excluding hydrogens is 514 g/mol. The SMILES string of the molecule is CN1CC=C(c2cc(Cl)cc(F)c2-c2cccc3c2CCN(S(=O)(=O)Nc2ncc(F)s2)C3)CC1. The van der Waals surface area contributed by atoms with E-state index in [2.05, 4.69) is 20.7 Å². The van der Waals surface area contributed by atoms with E-state index in [4.69, 9.17) is 11.6 Å². The van der Waals surface area contributed by atoms with Gasteiger partial charge in [0.2, 0.25) is 0 Å². The Labute approximate surface area is 212 Å². The minimum Gasteiger partial charge on any atom is -0.302 e. The third-order valence-corrected chi connectivity index (χ3v) is 8.84. The van der Waals surface area contributed by atoms with E-state index >= 15 is 4.39 Å². The van der Waals surface area contributed by atoms with Gasteiger partial charge in [-0.3, -0.25) is 0 Å². The van der Waals surface area contributed by atoms with Crippen LogP contribution in [0, 0.1) is 10.9 Å². The standard InChI is InChI=1S/C24H23ClF2N4O2S2/c1-30-8-5-15(6-9-30)20-11-17(25)12-21(26)23(20)19-4-2-3-16-14-31(10-7-18(16)19)35(32,33)29-24-28-13-22(27)34-24/h2-5,11-13H,6-10,14H2,1H3,(H,28,29). The molecule has 2 aromatic carbocycles. The van der Waals surface area contributed by atoms with Gasteiger partial charge in [0.15, 0.2) is 10.3 Å². The minimum atomic E-state index is -3.93. The highest BCUT2D eigenvalue weighted by atomic mass is 35.5. The first-order valence-electron chi connectivity index (χ1n) is 11.1. The lowest BCUT2D eigenvalue weighted by molar-refractivity contribution is 0.370. The fourth-order valence-corrected chi connectivity index (χ4v) is 6.74. The summed E-state index contributed by atoms with van der Waals surface area (Å²) < 4.78 is 58.1. The van der Waals surface area contributed by atoms with E-state index in [9.17, 15) is 12.8 Å². The number of nitrogens with one attached hydrogen (secondary N) is 1. The smallest absolute Gasteiger partial charge is 0.302 e. The Bertz CT molecular complexity index is 1420. The highest BCUT2D eigenvalue weighted by Gasteiger charge is 2.30. The average Bonchev–Trinajstić information content (AvgIpc) is 3.22. The molecule has 0 radical (unpaired) electrons. The Morgan fingerprint density at radius 3 is 2.69 bits per heavy atom. The monoisotopic (exact) mass is 536 g/mol. The molecule has 0 saturated carbocycles. The molecule has 0 saturated heterocycles. The molecular formula is C24H23ClF2N4O2S2. The number of halogens is 3. The summed E-state index contributed by atoms with van der Waals surface area (Å²) >= 11 is 6.88. The summed E-state index contributed by atoms with van der Waals surface area (Å²) in [5, 5.41) is -0.258. The first-order chi connectivity index (χ1) is 16.7. The number of rotatable bonds is 5. The quantitative estimate of drug-likeness (QED) is 0.488. The van der Waals surface area contributed by atoms with Crippen LogP contribution in [0.15, 0.2) is 42.6 Å².